The Labute approximate surface area is 61.7 Å². The summed E-state index contributed by atoms with van der Waals surface area (Å²) in [7, 11) is 1.44. The van der Waals surface area contributed by atoms with E-state index < -0.39 is 11.7 Å². The van der Waals surface area contributed by atoms with Crippen molar-refractivity contribution in [3.05, 3.63) is 0 Å². The Bertz CT molecular complexity index is 130. The number of nitrogens with two attached hydrogens (primary N) is 1. The van der Waals surface area contributed by atoms with Crippen LogP contribution in [0.4, 0.5) is 4.79 Å². The lowest BCUT2D eigenvalue weighted by atomic mass is 10.2. The Morgan fingerprint density at radius 2 is 2.00 bits per heavy atom. The van der Waals surface area contributed by atoms with Gasteiger partial charge in [-0.3, -0.25) is 5.84 Å². The molecule has 10 heavy (non-hydrogen) atoms. The first-order valence-electron chi connectivity index (χ1n) is 3.04. The van der Waals surface area contributed by atoms with E-state index in [0.29, 0.717) is 0 Å². The molecule has 4 nitrogen and oxygen atoms in total. The van der Waals surface area contributed by atoms with Crippen LogP contribution in [0.2, 0.25) is 0 Å². The van der Waals surface area contributed by atoms with Gasteiger partial charge in [0.25, 0.3) is 0 Å². The Morgan fingerprint density at radius 3 is 2.10 bits per heavy atom. The van der Waals surface area contributed by atoms with E-state index in [0.717, 1.165) is 4.92 Å². The Balaban J connectivity index is 3.81. The second-order valence-corrected chi connectivity index (χ2v) is 3.09. The largest absolute Gasteiger partial charge is 0.444 e. The maximum absolute atomic E-state index is 10.7. The molecule has 0 aromatic carbocycles. The van der Waals surface area contributed by atoms with Crippen molar-refractivity contribution in [3.8, 4) is 0 Å². The van der Waals surface area contributed by atoms with Crippen LogP contribution in [0.1, 0.15) is 20.8 Å². The van der Waals surface area contributed by atoms with Crippen molar-refractivity contribution >= 4 is 14.1 Å². The van der Waals surface area contributed by atoms with Gasteiger partial charge in [0.1, 0.15) is 5.60 Å². The summed E-state index contributed by atoms with van der Waals surface area (Å²) in [6, 6.07) is 0. The van der Waals surface area contributed by atoms with Crippen LogP contribution in [-0.2, 0) is 4.74 Å². The van der Waals surface area contributed by atoms with Gasteiger partial charge in [-0.2, -0.15) is 0 Å². The van der Waals surface area contributed by atoms with Crippen LogP contribution in [0.5, 0.6) is 0 Å². The minimum atomic E-state index is -0.521. The van der Waals surface area contributed by atoms with E-state index in [-0.39, 0.29) is 0 Å². The number of hydrogen-bond donors (Lipinski definition) is 1. The quantitative estimate of drug-likeness (QED) is 0.218. The normalized spacial score (nSPS) is 10.8. The predicted octanol–water partition coefficient (Wildman–Crippen LogP) is -0.355. The minimum Gasteiger partial charge on any atom is -0.444 e. The molecule has 2 N–H and O–H groups in total. The van der Waals surface area contributed by atoms with Crippen LogP contribution in [0, 0.1) is 0 Å². The van der Waals surface area contributed by atoms with Gasteiger partial charge in [-0.25, -0.2) is 4.79 Å². The fourth-order valence-electron chi connectivity index (χ4n) is 0.334. The number of ether oxygens (including phenoxy) is 1. The lowest BCUT2D eigenvalue weighted by Crippen LogP contribution is -2.39. The number of carbonyl (C=O) groups is 1. The summed E-state index contributed by atoms with van der Waals surface area (Å²) in [5, 5.41) is 0. The summed E-state index contributed by atoms with van der Waals surface area (Å²) < 4.78 is 4.86. The van der Waals surface area contributed by atoms with Crippen LogP contribution in [0.25, 0.3) is 0 Å². The standard InChI is InChI=1S/C5H13BN2O2/c1-5(2,3)10-4(9)8(6)7/h6-7H2,1-3H3. The molecule has 0 aliphatic carbocycles. The van der Waals surface area contributed by atoms with Crippen LogP contribution in [-0.4, -0.2) is 24.6 Å². The third kappa shape index (κ3) is 4.20. The first-order valence-corrected chi connectivity index (χ1v) is 3.04. The summed E-state index contributed by atoms with van der Waals surface area (Å²) in [4.78, 5) is 11.6. The number of hydrazine groups is 1. The molecule has 0 atom stereocenters. The van der Waals surface area contributed by atoms with Gasteiger partial charge in [-0.15, -0.1) is 0 Å². The molecule has 1 amide bonds. The zero-order valence-electron chi connectivity index (χ0n) is 6.84. The zero-order chi connectivity index (χ0) is 8.36. The van der Waals surface area contributed by atoms with Crippen LogP contribution >= 0.6 is 0 Å². The monoisotopic (exact) mass is 144 g/mol. The van der Waals surface area contributed by atoms with Crippen molar-refractivity contribution in [2.45, 2.75) is 26.4 Å². The molecule has 0 saturated carbocycles. The first kappa shape index (κ1) is 9.29. The van der Waals surface area contributed by atoms with E-state index in [1.807, 2.05) is 0 Å². The highest BCUT2D eigenvalue weighted by Gasteiger charge is 2.16. The molecule has 0 radical (unpaired) electrons. The molecule has 58 valence electrons. The van der Waals surface area contributed by atoms with Crippen molar-refractivity contribution in [1.82, 2.24) is 4.92 Å². The van der Waals surface area contributed by atoms with Crippen molar-refractivity contribution in [2.24, 2.45) is 5.84 Å². The van der Waals surface area contributed by atoms with E-state index >= 15 is 0 Å². The summed E-state index contributed by atoms with van der Waals surface area (Å²) in [5.74, 6) is 5.10. The van der Waals surface area contributed by atoms with Crippen molar-refractivity contribution in [3.63, 3.8) is 0 Å². The molecule has 0 spiro atoms. The summed E-state index contributed by atoms with van der Waals surface area (Å²) in [5.41, 5.74) is -0.468. The van der Waals surface area contributed by atoms with Gasteiger partial charge in [0, 0.05) is 0 Å². The number of hydrogen-bond acceptors (Lipinski definition) is 3. The Morgan fingerprint density at radius 1 is 1.60 bits per heavy atom. The number of rotatable bonds is 0. The van der Waals surface area contributed by atoms with Gasteiger partial charge < -0.3 is 9.66 Å². The molecule has 5 heteroatoms. The molecular weight excluding hydrogens is 131 g/mol. The molecule has 0 unspecified atom stereocenters. The van der Waals surface area contributed by atoms with E-state index in [1.54, 1.807) is 20.8 Å². The van der Waals surface area contributed by atoms with Crippen molar-refractivity contribution in [2.75, 3.05) is 0 Å². The second-order valence-electron chi connectivity index (χ2n) is 3.09. The van der Waals surface area contributed by atoms with Gasteiger partial charge in [0.15, 0.2) is 0 Å². The van der Waals surface area contributed by atoms with E-state index in [9.17, 15) is 4.79 Å². The van der Waals surface area contributed by atoms with Crippen molar-refractivity contribution < 1.29 is 9.53 Å². The number of nitrogens with zero attached hydrogens (tertiary/aromatic N) is 1. The number of amides is 1. The molecule has 0 aliphatic heterocycles. The fourth-order valence-corrected chi connectivity index (χ4v) is 0.334. The molecule has 0 fully saturated rings. The minimum absolute atomic E-state index is 0.468. The molecule has 0 bridgehead atoms. The van der Waals surface area contributed by atoms with E-state index in [2.05, 4.69) is 0 Å². The van der Waals surface area contributed by atoms with E-state index in [1.165, 1.54) is 7.98 Å². The molecule has 0 rings (SSSR count). The average molecular weight is 144 g/mol. The Kier molecular flexibility index (Phi) is 2.71. The molecule has 0 aromatic heterocycles. The summed E-state index contributed by atoms with van der Waals surface area (Å²) in [6.45, 7) is 5.36. The predicted molar refractivity (Wildman–Crippen MR) is 40.8 cm³/mol. The van der Waals surface area contributed by atoms with Crippen LogP contribution in [0.3, 0.4) is 0 Å². The van der Waals surface area contributed by atoms with Gasteiger partial charge in [-0.05, 0) is 20.8 Å². The molecule has 0 aromatic rings. The van der Waals surface area contributed by atoms with Crippen LogP contribution in [0.15, 0.2) is 0 Å². The highest BCUT2D eigenvalue weighted by molar-refractivity contribution is 6.12. The molecule has 0 saturated heterocycles. The lowest BCUT2D eigenvalue weighted by molar-refractivity contribution is 0.0391. The third-order valence-electron chi connectivity index (χ3n) is 0.681. The maximum atomic E-state index is 10.7. The number of carbonyl (C=O) groups excluding carboxylic acids is 1. The Hall–Kier alpha value is -0.705. The first-order chi connectivity index (χ1) is 4.33. The highest BCUT2D eigenvalue weighted by atomic mass is 16.6. The fraction of sp³-hybridized carbons (Fsp3) is 0.800. The van der Waals surface area contributed by atoms with Gasteiger partial charge in [0.05, 0.1) is 0 Å². The zero-order valence-corrected chi connectivity index (χ0v) is 6.84. The summed E-state index contributed by atoms with van der Waals surface area (Å²) >= 11 is 0. The van der Waals surface area contributed by atoms with Gasteiger partial charge in [0.2, 0.25) is 7.98 Å². The maximum Gasteiger partial charge on any atom is 0.411 e. The molecular formula is C5H13BN2O2. The third-order valence-corrected chi connectivity index (χ3v) is 0.681. The SMILES string of the molecule is BN(N)C(=O)OC(C)(C)C. The highest BCUT2D eigenvalue weighted by Crippen LogP contribution is 2.07. The smallest absolute Gasteiger partial charge is 0.411 e. The second kappa shape index (κ2) is 2.92. The van der Waals surface area contributed by atoms with Crippen molar-refractivity contribution in [1.29, 1.82) is 0 Å². The molecule has 0 heterocycles. The summed E-state index contributed by atoms with van der Waals surface area (Å²) in [6.07, 6.45) is -0.521. The molecule has 0 aliphatic rings. The van der Waals surface area contributed by atoms with Crippen LogP contribution < -0.4 is 5.84 Å². The average Bonchev–Trinajstić information content (AvgIpc) is 1.60. The lowest BCUT2D eigenvalue weighted by Gasteiger charge is -2.22. The van der Waals surface area contributed by atoms with E-state index in [4.69, 9.17) is 10.6 Å². The topological polar surface area (TPSA) is 55.6 Å². The van der Waals surface area contributed by atoms with Gasteiger partial charge in [-0.1, -0.05) is 0 Å². The van der Waals surface area contributed by atoms with Gasteiger partial charge >= 0.3 is 6.09 Å².